The zero-order valence-corrected chi connectivity index (χ0v) is 6.48. The average Bonchev–Trinajstić information content (AvgIpc) is 2.12. The molecule has 2 heteroatoms. The molecule has 2 atom stereocenters. The van der Waals surface area contributed by atoms with Crippen molar-refractivity contribution in [3.63, 3.8) is 0 Å². The molecule has 52 valence electrons. The minimum atomic E-state index is 0.280. The highest BCUT2D eigenvalue weighted by Gasteiger charge is 2.24. The summed E-state index contributed by atoms with van der Waals surface area (Å²) in [6.45, 7) is 4.16. The van der Waals surface area contributed by atoms with E-state index in [1.54, 1.807) is 6.26 Å². The molecule has 0 aromatic carbocycles. The number of halogens is 1. The average molecular weight is 147 g/mol. The largest absolute Gasteiger partial charge is 0.496 e. The van der Waals surface area contributed by atoms with Gasteiger partial charge < -0.3 is 4.74 Å². The first-order valence-corrected chi connectivity index (χ1v) is 3.64. The fraction of sp³-hybridized carbons (Fsp3) is 0.714. The Hall–Kier alpha value is -0.170. The van der Waals surface area contributed by atoms with Crippen molar-refractivity contribution in [3.8, 4) is 0 Å². The third-order valence-corrected chi connectivity index (χ3v) is 2.13. The van der Waals surface area contributed by atoms with Crippen LogP contribution in [0.4, 0.5) is 0 Å². The molecule has 0 bridgehead atoms. The topological polar surface area (TPSA) is 9.23 Å². The first kappa shape index (κ1) is 6.94. The van der Waals surface area contributed by atoms with Crippen molar-refractivity contribution in [2.75, 3.05) is 0 Å². The van der Waals surface area contributed by atoms with Crippen LogP contribution in [0.25, 0.3) is 0 Å². The zero-order valence-electron chi connectivity index (χ0n) is 5.73. The molecule has 0 spiro atoms. The lowest BCUT2D eigenvalue weighted by Crippen LogP contribution is -2.11. The molecular formula is C7H11ClO. The Morgan fingerprint density at radius 2 is 2.44 bits per heavy atom. The van der Waals surface area contributed by atoms with E-state index < -0.39 is 0 Å². The van der Waals surface area contributed by atoms with E-state index in [0.29, 0.717) is 5.92 Å². The summed E-state index contributed by atoms with van der Waals surface area (Å²) in [6, 6.07) is 0. The Labute approximate surface area is 60.7 Å². The number of hydrogen-bond donors (Lipinski definition) is 0. The van der Waals surface area contributed by atoms with Crippen LogP contribution in [-0.2, 0) is 4.74 Å². The lowest BCUT2D eigenvalue weighted by atomic mass is 10.0. The smallest absolute Gasteiger partial charge is 0.103 e. The first-order valence-electron chi connectivity index (χ1n) is 3.26. The van der Waals surface area contributed by atoms with Gasteiger partial charge in [0, 0.05) is 5.92 Å². The molecule has 0 amide bonds. The van der Waals surface area contributed by atoms with Gasteiger partial charge in [-0.05, 0) is 13.3 Å². The van der Waals surface area contributed by atoms with Crippen LogP contribution in [0.1, 0.15) is 20.3 Å². The second-order valence-corrected chi connectivity index (χ2v) is 2.80. The second-order valence-electron chi connectivity index (χ2n) is 2.36. The molecule has 0 N–H and O–H groups in total. The Kier molecular flexibility index (Phi) is 2.01. The van der Waals surface area contributed by atoms with Gasteiger partial charge in [0.15, 0.2) is 0 Å². The van der Waals surface area contributed by atoms with E-state index in [-0.39, 0.29) is 6.10 Å². The predicted molar refractivity (Wildman–Crippen MR) is 38.3 cm³/mol. The summed E-state index contributed by atoms with van der Waals surface area (Å²) in [4.78, 5) is 0. The van der Waals surface area contributed by atoms with Crippen LogP contribution in [0.5, 0.6) is 0 Å². The van der Waals surface area contributed by atoms with E-state index in [1.165, 1.54) is 0 Å². The van der Waals surface area contributed by atoms with Crippen LogP contribution in [0, 0.1) is 5.92 Å². The van der Waals surface area contributed by atoms with Crippen molar-refractivity contribution in [1.82, 2.24) is 0 Å². The summed E-state index contributed by atoms with van der Waals surface area (Å²) in [5.74, 6) is 0.437. The summed E-state index contributed by atoms with van der Waals surface area (Å²) in [6.07, 6.45) is 3.00. The molecule has 0 aliphatic carbocycles. The Bertz CT molecular complexity index is 131. The van der Waals surface area contributed by atoms with Crippen molar-refractivity contribution in [3.05, 3.63) is 11.3 Å². The van der Waals surface area contributed by atoms with Gasteiger partial charge in [0.1, 0.15) is 6.10 Å². The maximum atomic E-state index is 5.81. The van der Waals surface area contributed by atoms with Crippen LogP contribution in [0.3, 0.4) is 0 Å². The molecule has 1 nitrogen and oxygen atoms in total. The fourth-order valence-corrected chi connectivity index (χ4v) is 1.49. The standard InChI is InChI=1S/C7H11ClO/c1-3-6-5(2)9-4-7(6)8/h4-6H,3H2,1-2H3. The molecule has 0 aromatic rings. The molecule has 9 heavy (non-hydrogen) atoms. The van der Waals surface area contributed by atoms with Crippen molar-refractivity contribution < 1.29 is 4.74 Å². The summed E-state index contributed by atoms with van der Waals surface area (Å²) in [5.41, 5.74) is 0. The Morgan fingerprint density at radius 1 is 1.78 bits per heavy atom. The van der Waals surface area contributed by atoms with E-state index in [2.05, 4.69) is 6.92 Å². The molecule has 2 unspecified atom stereocenters. The highest BCUT2D eigenvalue weighted by atomic mass is 35.5. The molecule has 0 aromatic heterocycles. The fourth-order valence-electron chi connectivity index (χ4n) is 1.11. The minimum Gasteiger partial charge on any atom is -0.496 e. The second kappa shape index (κ2) is 2.61. The van der Waals surface area contributed by atoms with E-state index in [0.717, 1.165) is 11.5 Å². The van der Waals surface area contributed by atoms with Crippen LogP contribution in [0.15, 0.2) is 11.3 Å². The lowest BCUT2D eigenvalue weighted by Gasteiger charge is -2.11. The minimum absolute atomic E-state index is 0.280. The lowest BCUT2D eigenvalue weighted by molar-refractivity contribution is 0.150. The zero-order chi connectivity index (χ0) is 6.85. The molecule has 0 saturated heterocycles. The van der Waals surface area contributed by atoms with Crippen molar-refractivity contribution in [2.45, 2.75) is 26.4 Å². The van der Waals surface area contributed by atoms with Crippen molar-refractivity contribution in [1.29, 1.82) is 0 Å². The summed E-state index contributed by atoms with van der Waals surface area (Å²) in [7, 11) is 0. The van der Waals surface area contributed by atoms with Crippen LogP contribution in [-0.4, -0.2) is 6.10 Å². The molecule has 1 heterocycles. The summed E-state index contributed by atoms with van der Waals surface area (Å²) >= 11 is 5.81. The molecular weight excluding hydrogens is 136 g/mol. The van der Waals surface area contributed by atoms with Gasteiger partial charge in [0.2, 0.25) is 0 Å². The highest BCUT2D eigenvalue weighted by molar-refractivity contribution is 6.29. The molecule has 0 saturated carbocycles. The Balaban J connectivity index is 2.57. The van der Waals surface area contributed by atoms with Crippen molar-refractivity contribution in [2.24, 2.45) is 5.92 Å². The van der Waals surface area contributed by atoms with Gasteiger partial charge in [-0.3, -0.25) is 0 Å². The predicted octanol–water partition coefficient (Wildman–Crippen LogP) is 2.51. The summed E-state index contributed by atoms with van der Waals surface area (Å²) < 4.78 is 5.17. The number of rotatable bonds is 1. The third-order valence-electron chi connectivity index (χ3n) is 1.76. The normalized spacial score (nSPS) is 33.9. The molecule has 0 fully saturated rings. The highest BCUT2D eigenvalue weighted by Crippen LogP contribution is 2.30. The quantitative estimate of drug-likeness (QED) is 0.553. The van der Waals surface area contributed by atoms with E-state index in [1.807, 2.05) is 6.92 Å². The van der Waals surface area contributed by atoms with Crippen LogP contribution < -0.4 is 0 Å². The molecule has 0 radical (unpaired) electrons. The third kappa shape index (κ3) is 1.21. The van der Waals surface area contributed by atoms with Gasteiger partial charge in [-0.25, -0.2) is 0 Å². The van der Waals surface area contributed by atoms with Gasteiger partial charge in [-0.15, -0.1) is 0 Å². The Morgan fingerprint density at radius 3 is 2.67 bits per heavy atom. The number of hydrogen-bond acceptors (Lipinski definition) is 1. The molecule has 1 rings (SSSR count). The van der Waals surface area contributed by atoms with Crippen LogP contribution in [0.2, 0.25) is 0 Å². The van der Waals surface area contributed by atoms with Crippen LogP contribution >= 0.6 is 11.6 Å². The monoisotopic (exact) mass is 146 g/mol. The summed E-state index contributed by atoms with van der Waals surface area (Å²) in [5, 5.41) is 0.866. The van der Waals surface area contributed by atoms with Gasteiger partial charge >= 0.3 is 0 Å². The first-order chi connectivity index (χ1) is 4.25. The van der Waals surface area contributed by atoms with Gasteiger partial charge in [0.25, 0.3) is 0 Å². The van der Waals surface area contributed by atoms with Crippen molar-refractivity contribution >= 4 is 11.6 Å². The maximum absolute atomic E-state index is 5.81. The van der Waals surface area contributed by atoms with E-state index >= 15 is 0 Å². The van der Waals surface area contributed by atoms with Gasteiger partial charge in [-0.2, -0.15) is 0 Å². The molecule has 1 aliphatic rings. The van der Waals surface area contributed by atoms with E-state index in [4.69, 9.17) is 16.3 Å². The van der Waals surface area contributed by atoms with Gasteiger partial charge in [0.05, 0.1) is 11.3 Å². The van der Waals surface area contributed by atoms with E-state index in [9.17, 15) is 0 Å². The molecule has 1 aliphatic heterocycles. The number of ether oxygens (including phenoxy) is 1. The van der Waals surface area contributed by atoms with Gasteiger partial charge in [-0.1, -0.05) is 18.5 Å². The maximum Gasteiger partial charge on any atom is 0.103 e. The SMILES string of the molecule is CCC1C(Cl)=COC1C.